The van der Waals surface area contributed by atoms with Gasteiger partial charge in [0.15, 0.2) is 0 Å². The molecule has 2 aromatic rings. The Balaban J connectivity index is 2.31. The van der Waals surface area contributed by atoms with Gasteiger partial charge in [0.25, 0.3) is 11.6 Å². The van der Waals surface area contributed by atoms with Crippen LogP contribution in [0.5, 0.6) is 0 Å². The smallest absolute Gasteiger partial charge is 0.270 e. The van der Waals surface area contributed by atoms with Crippen LogP contribution in [0.4, 0.5) is 15.9 Å². The number of hydrogen-bond donors (Lipinski definition) is 1. The third kappa shape index (κ3) is 3.38. The molecular formula is C14H12FN3O3. The van der Waals surface area contributed by atoms with Crippen LogP contribution in [0.1, 0.15) is 21.6 Å². The van der Waals surface area contributed by atoms with E-state index in [-0.39, 0.29) is 11.5 Å². The number of non-ortho nitro benzene ring substituents is 1. The molecule has 0 fully saturated rings. The first kappa shape index (κ1) is 14.6. The van der Waals surface area contributed by atoms with E-state index in [2.05, 4.69) is 10.3 Å². The van der Waals surface area contributed by atoms with Gasteiger partial charge in [-0.15, -0.1) is 0 Å². The van der Waals surface area contributed by atoms with Crippen molar-refractivity contribution in [2.45, 2.75) is 13.8 Å². The molecule has 1 amide bonds. The number of benzene rings is 1. The van der Waals surface area contributed by atoms with E-state index < -0.39 is 22.2 Å². The second-order valence-electron chi connectivity index (χ2n) is 4.55. The first-order valence-electron chi connectivity index (χ1n) is 6.07. The number of nitro groups is 1. The summed E-state index contributed by atoms with van der Waals surface area (Å²) in [5, 5.41) is 13.1. The van der Waals surface area contributed by atoms with Crippen molar-refractivity contribution in [3.63, 3.8) is 0 Å². The van der Waals surface area contributed by atoms with Gasteiger partial charge in [0.2, 0.25) is 0 Å². The van der Waals surface area contributed by atoms with Crippen LogP contribution in [-0.2, 0) is 0 Å². The van der Waals surface area contributed by atoms with Crippen molar-refractivity contribution >= 4 is 17.4 Å². The Hall–Kier alpha value is -2.83. The molecule has 1 aromatic heterocycles. The number of aromatic nitrogens is 1. The van der Waals surface area contributed by atoms with E-state index in [0.29, 0.717) is 5.69 Å². The molecule has 6 nitrogen and oxygen atoms in total. The summed E-state index contributed by atoms with van der Waals surface area (Å²) in [6.45, 7) is 3.59. The minimum Gasteiger partial charge on any atom is -0.306 e. The Bertz CT molecular complexity index is 711. The highest BCUT2D eigenvalue weighted by atomic mass is 19.1. The Kier molecular flexibility index (Phi) is 3.93. The molecule has 0 aliphatic carbocycles. The number of nitro benzene ring substituents is 1. The number of pyridine rings is 1. The van der Waals surface area contributed by atoms with Crippen molar-refractivity contribution in [3.05, 3.63) is 63.1 Å². The van der Waals surface area contributed by atoms with Gasteiger partial charge in [-0.25, -0.2) is 9.37 Å². The number of halogens is 1. The molecule has 0 spiro atoms. The highest BCUT2D eigenvalue weighted by Crippen LogP contribution is 2.18. The molecule has 1 aromatic carbocycles. The van der Waals surface area contributed by atoms with Crippen molar-refractivity contribution in [1.82, 2.24) is 4.98 Å². The number of carbonyl (C=O) groups excluding carboxylic acids is 1. The standard InChI is InChI=1S/C14H12FN3O3/c1-8-5-9(2)16-13(6-8)17-14(19)11-7-10(18(20)21)3-4-12(11)15/h3-7H,1-2H3,(H,16,17,19). The summed E-state index contributed by atoms with van der Waals surface area (Å²) in [6.07, 6.45) is 0. The van der Waals surface area contributed by atoms with Crippen LogP contribution < -0.4 is 5.32 Å². The predicted octanol–water partition coefficient (Wildman–Crippen LogP) is 3.00. The van der Waals surface area contributed by atoms with Gasteiger partial charge in [-0.2, -0.15) is 0 Å². The number of amides is 1. The Morgan fingerprint density at radius 2 is 2.00 bits per heavy atom. The maximum atomic E-state index is 13.6. The summed E-state index contributed by atoms with van der Waals surface area (Å²) < 4.78 is 13.6. The summed E-state index contributed by atoms with van der Waals surface area (Å²) in [6, 6.07) is 6.24. The summed E-state index contributed by atoms with van der Waals surface area (Å²) in [5.74, 6) is -1.35. The average molecular weight is 289 g/mol. The SMILES string of the molecule is Cc1cc(C)nc(NC(=O)c2cc([N+](=O)[O-])ccc2F)c1. The fourth-order valence-electron chi connectivity index (χ4n) is 1.89. The zero-order valence-electron chi connectivity index (χ0n) is 11.4. The van der Waals surface area contributed by atoms with Gasteiger partial charge in [-0.05, 0) is 37.6 Å². The van der Waals surface area contributed by atoms with E-state index in [1.807, 2.05) is 13.0 Å². The van der Waals surface area contributed by atoms with E-state index in [9.17, 15) is 19.3 Å². The number of hydrogen-bond acceptors (Lipinski definition) is 4. The Morgan fingerprint density at radius 3 is 2.62 bits per heavy atom. The molecule has 2 rings (SSSR count). The van der Waals surface area contributed by atoms with E-state index in [0.717, 1.165) is 23.8 Å². The molecule has 0 saturated carbocycles. The van der Waals surface area contributed by atoms with Gasteiger partial charge < -0.3 is 5.32 Å². The second kappa shape index (κ2) is 5.66. The van der Waals surface area contributed by atoms with Gasteiger partial charge in [0, 0.05) is 17.8 Å². The zero-order chi connectivity index (χ0) is 15.6. The molecule has 0 aliphatic heterocycles. The van der Waals surface area contributed by atoms with E-state index in [4.69, 9.17) is 0 Å². The quantitative estimate of drug-likeness (QED) is 0.695. The molecule has 0 unspecified atom stereocenters. The normalized spacial score (nSPS) is 10.2. The van der Waals surface area contributed by atoms with Crippen molar-refractivity contribution < 1.29 is 14.1 Å². The lowest BCUT2D eigenvalue weighted by atomic mass is 10.1. The summed E-state index contributed by atoms with van der Waals surface area (Å²) >= 11 is 0. The summed E-state index contributed by atoms with van der Waals surface area (Å²) in [5.41, 5.74) is 0.835. The third-order valence-corrected chi connectivity index (χ3v) is 2.74. The average Bonchev–Trinajstić information content (AvgIpc) is 2.37. The molecule has 21 heavy (non-hydrogen) atoms. The largest absolute Gasteiger partial charge is 0.306 e. The van der Waals surface area contributed by atoms with Gasteiger partial charge >= 0.3 is 0 Å². The molecule has 0 saturated heterocycles. The molecule has 1 heterocycles. The van der Waals surface area contributed by atoms with Gasteiger partial charge in [-0.3, -0.25) is 14.9 Å². The maximum Gasteiger partial charge on any atom is 0.270 e. The Labute approximate surface area is 119 Å². The van der Waals surface area contributed by atoms with Crippen LogP contribution >= 0.6 is 0 Å². The van der Waals surface area contributed by atoms with Gasteiger partial charge in [0.05, 0.1) is 10.5 Å². The lowest BCUT2D eigenvalue weighted by Gasteiger charge is -2.07. The van der Waals surface area contributed by atoms with Crippen LogP contribution in [-0.4, -0.2) is 15.8 Å². The highest BCUT2D eigenvalue weighted by molar-refractivity contribution is 6.04. The number of anilines is 1. The molecule has 0 atom stereocenters. The van der Waals surface area contributed by atoms with Crippen LogP contribution in [0, 0.1) is 29.8 Å². The van der Waals surface area contributed by atoms with Crippen LogP contribution in [0.25, 0.3) is 0 Å². The van der Waals surface area contributed by atoms with Crippen molar-refractivity contribution in [2.24, 2.45) is 0 Å². The molecule has 108 valence electrons. The highest BCUT2D eigenvalue weighted by Gasteiger charge is 2.17. The van der Waals surface area contributed by atoms with Crippen LogP contribution in [0.15, 0.2) is 30.3 Å². The van der Waals surface area contributed by atoms with E-state index >= 15 is 0 Å². The lowest BCUT2D eigenvalue weighted by Crippen LogP contribution is -2.15. The molecule has 0 radical (unpaired) electrons. The van der Waals surface area contributed by atoms with E-state index in [1.54, 1.807) is 13.0 Å². The van der Waals surface area contributed by atoms with Gasteiger partial charge in [-0.1, -0.05) is 0 Å². The van der Waals surface area contributed by atoms with E-state index in [1.165, 1.54) is 0 Å². The second-order valence-corrected chi connectivity index (χ2v) is 4.55. The lowest BCUT2D eigenvalue weighted by molar-refractivity contribution is -0.384. The first-order valence-corrected chi connectivity index (χ1v) is 6.07. The summed E-state index contributed by atoms with van der Waals surface area (Å²) in [7, 11) is 0. The third-order valence-electron chi connectivity index (χ3n) is 2.74. The molecular weight excluding hydrogens is 277 g/mol. The van der Waals surface area contributed by atoms with Crippen molar-refractivity contribution in [1.29, 1.82) is 0 Å². The number of carbonyl (C=O) groups is 1. The van der Waals surface area contributed by atoms with Crippen molar-refractivity contribution in [3.8, 4) is 0 Å². The number of nitrogens with one attached hydrogen (secondary N) is 1. The predicted molar refractivity (Wildman–Crippen MR) is 74.7 cm³/mol. The van der Waals surface area contributed by atoms with Crippen molar-refractivity contribution in [2.75, 3.05) is 5.32 Å². The minimum absolute atomic E-state index is 0.267. The van der Waals surface area contributed by atoms with Crippen LogP contribution in [0.3, 0.4) is 0 Å². The number of aryl methyl sites for hydroxylation is 2. The fourth-order valence-corrected chi connectivity index (χ4v) is 1.89. The molecule has 0 aliphatic rings. The molecule has 1 N–H and O–H groups in total. The zero-order valence-corrected chi connectivity index (χ0v) is 11.4. The number of nitrogens with zero attached hydrogens (tertiary/aromatic N) is 2. The topological polar surface area (TPSA) is 85.1 Å². The molecule has 0 bridgehead atoms. The summed E-state index contributed by atoms with van der Waals surface area (Å²) in [4.78, 5) is 26.1. The fraction of sp³-hybridized carbons (Fsp3) is 0.143. The monoisotopic (exact) mass is 289 g/mol. The van der Waals surface area contributed by atoms with Gasteiger partial charge in [0.1, 0.15) is 11.6 Å². The van der Waals surface area contributed by atoms with Crippen LogP contribution in [0.2, 0.25) is 0 Å². The first-order chi connectivity index (χ1) is 9.86. The molecule has 7 heteroatoms. The maximum absolute atomic E-state index is 13.6. The Morgan fingerprint density at radius 1 is 1.29 bits per heavy atom. The minimum atomic E-state index is -0.831. The number of rotatable bonds is 3.